The van der Waals surface area contributed by atoms with E-state index in [9.17, 15) is 9.59 Å². The van der Waals surface area contributed by atoms with Crippen molar-refractivity contribution < 1.29 is 14.3 Å². The molecule has 1 amide bonds. The van der Waals surface area contributed by atoms with Crippen LogP contribution in [-0.4, -0.2) is 69.5 Å². The van der Waals surface area contributed by atoms with E-state index in [0.29, 0.717) is 44.0 Å². The Morgan fingerprint density at radius 1 is 1.06 bits per heavy atom. The zero-order valence-corrected chi connectivity index (χ0v) is 18.5. The van der Waals surface area contributed by atoms with Crippen molar-refractivity contribution in [3.63, 3.8) is 0 Å². The maximum absolute atomic E-state index is 13.1. The van der Waals surface area contributed by atoms with Crippen LogP contribution in [0.15, 0.2) is 42.6 Å². The maximum Gasteiger partial charge on any atom is 0.339 e. The third-order valence-electron chi connectivity index (χ3n) is 5.49. The van der Waals surface area contributed by atoms with Crippen LogP contribution < -0.4 is 4.90 Å². The Morgan fingerprint density at radius 2 is 1.84 bits per heavy atom. The molecule has 1 saturated heterocycles. The lowest BCUT2D eigenvalue weighted by atomic mass is 10.2. The van der Waals surface area contributed by atoms with Gasteiger partial charge in [-0.15, -0.1) is 5.10 Å². The molecule has 1 aliphatic heterocycles. The van der Waals surface area contributed by atoms with Crippen molar-refractivity contribution in [1.29, 1.82) is 0 Å². The number of aryl methyl sites for hydroxylation is 1. The molecule has 4 rings (SSSR count). The minimum atomic E-state index is -0.379. The molecule has 0 N–H and O–H groups in total. The number of nitrogens with zero attached hydrogens (tertiary/aromatic N) is 6. The van der Waals surface area contributed by atoms with Crippen LogP contribution in [0.3, 0.4) is 0 Å². The molecule has 0 saturated carbocycles. The van der Waals surface area contributed by atoms with E-state index < -0.39 is 0 Å². The fourth-order valence-corrected chi connectivity index (χ4v) is 3.73. The molecule has 1 aliphatic rings. The number of pyridine rings is 1. The molecule has 2 aromatic heterocycles. The summed E-state index contributed by atoms with van der Waals surface area (Å²) in [6.07, 6.45) is 1.53. The van der Waals surface area contributed by atoms with Gasteiger partial charge >= 0.3 is 5.97 Å². The van der Waals surface area contributed by atoms with Crippen molar-refractivity contribution >= 4 is 17.7 Å². The van der Waals surface area contributed by atoms with Crippen LogP contribution >= 0.6 is 0 Å². The van der Waals surface area contributed by atoms with Gasteiger partial charge in [0.2, 0.25) is 0 Å². The molecule has 3 aromatic rings. The van der Waals surface area contributed by atoms with Gasteiger partial charge in [0, 0.05) is 32.4 Å². The Balaban J connectivity index is 1.40. The summed E-state index contributed by atoms with van der Waals surface area (Å²) in [4.78, 5) is 33.1. The molecule has 0 unspecified atom stereocenters. The van der Waals surface area contributed by atoms with Crippen molar-refractivity contribution in [3.8, 4) is 5.69 Å². The van der Waals surface area contributed by atoms with Gasteiger partial charge in [-0.05, 0) is 50.6 Å². The number of benzene rings is 1. The van der Waals surface area contributed by atoms with Crippen LogP contribution in [0.1, 0.15) is 39.0 Å². The Hall–Kier alpha value is -3.75. The van der Waals surface area contributed by atoms with Crippen molar-refractivity contribution in [2.45, 2.75) is 20.8 Å². The van der Waals surface area contributed by atoms with Gasteiger partial charge in [0.25, 0.3) is 5.91 Å². The standard InChI is InChI=1S/C23H26N6O3/c1-4-32-23(31)18-8-9-20(24-15-18)27-10-12-28(13-11-27)22(30)21-17(3)29(26-25-21)19-7-5-6-16(2)14-19/h5-9,14-15H,4,10-13H2,1-3H3. The van der Waals surface area contributed by atoms with Crippen molar-refractivity contribution in [1.82, 2.24) is 24.9 Å². The number of aromatic nitrogens is 4. The van der Waals surface area contributed by atoms with Crippen LogP contribution in [0, 0.1) is 13.8 Å². The monoisotopic (exact) mass is 434 g/mol. The quantitative estimate of drug-likeness (QED) is 0.569. The van der Waals surface area contributed by atoms with E-state index in [1.807, 2.05) is 38.1 Å². The Bertz CT molecular complexity index is 1120. The van der Waals surface area contributed by atoms with Gasteiger partial charge < -0.3 is 14.5 Å². The van der Waals surface area contributed by atoms with E-state index in [0.717, 1.165) is 22.8 Å². The van der Waals surface area contributed by atoms with Crippen molar-refractivity contribution in [2.75, 3.05) is 37.7 Å². The molecule has 9 nitrogen and oxygen atoms in total. The van der Waals surface area contributed by atoms with Gasteiger partial charge in [0.05, 0.1) is 23.6 Å². The smallest absolute Gasteiger partial charge is 0.339 e. The predicted octanol–water partition coefficient (Wildman–Crippen LogP) is 2.42. The van der Waals surface area contributed by atoms with Crippen LogP contribution in [0.4, 0.5) is 5.82 Å². The maximum atomic E-state index is 13.1. The van der Waals surface area contributed by atoms with E-state index in [4.69, 9.17) is 4.74 Å². The lowest BCUT2D eigenvalue weighted by Crippen LogP contribution is -2.49. The molecule has 32 heavy (non-hydrogen) atoms. The van der Waals surface area contributed by atoms with Crippen LogP contribution in [-0.2, 0) is 4.74 Å². The summed E-state index contributed by atoms with van der Waals surface area (Å²) in [5, 5.41) is 8.37. The fourth-order valence-electron chi connectivity index (χ4n) is 3.73. The average molecular weight is 435 g/mol. The predicted molar refractivity (Wildman–Crippen MR) is 119 cm³/mol. The highest BCUT2D eigenvalue weighted by atomic mass is 16.5. The summed E-state index contributed by atoms with van der Waals surface area (Å²) in [6.45, 7) is 8.36. The SMILES string of the molecule is CCOC(=O)c1ccc(N2CCN(C(=O)c3nnn(-c4cccc(C)c4)c3C)CC2)nc1. The highest BCUT2D eigenvalue weighted by Gasteiger charge is 2.27. The van der Waals surface area contributed by atoms with E-state index in [-0.39, 0.29) is 11.9 Å². The van der Waals surface area contributed by atoms with E-state index in [1.54, 1.807) is 28.6 Å². The number of amides is 1. The van der Waals surface area contributed by atoms with Gasteiger partial charge in [-0.3, -0.25) is 4.79 Å². The third-order valence-corrected chi connectivity index (χ3v) is 5.49. The molecule has 166 valence electrons. The van der Waals surface area contributed by atoms with Gasteiger partial charge in [-0.1, -0.05) is 17.3 Å². The van der Waals surface area contributed by atoms with Crippen LogP contribution in [0.5, 0.6) is 0 Å². The number of carbonyl (C=O) groups excluding carboxylic acids is 2. The summed E-state index contributed by atoms with van der Waals surface area (Å²) in [6, 6.07) is 11.4. The Labute approximate surface area is 186 Å². The summed E-state index contributed by atoms with van der Waals surface area (Å²) in [5.41, 5.74) is 3.52. The first-order valence-corrected chi connectivity index (χ1v) is 10.6. The van der Waals surface area contributed by atoms with E-state index in [2.05, 4.69) is 20.2 Å². The van der Waals surface area contributed by atoms with Crippen LogP contribution in [0.2, 0.25) is 0 Å². The second-order valence-electron chi connectivity index (χ2n) is 7.68. The summed E-state index contributed by atoms with van der Waals surface area (Å²) >= 11 is 0. The largest absolute Gasteiger partial charge is 0.462 e. The zero-order chi connectivity index (χ0) is 22.7. The number of rotatable bonds is 5. The van der Waals surface area contributed by atoms with Crippen molar-refractivity contribution in [2.24, 2.45) is 0 Å². The van der Waals surface area contributed by atoms with E-state index in [1.165, 1.54) is 6.20 Å². The normalized spacial score (nSPS) is 13.8. The van der Waals surface area contributed by atoms with Gasteiger partial charge in [-0.2, -0.15) is 0 Å². The number of carbonyl (C=O) groups is 2. The van der Waals surface area contributed by atoms with Gasteiger partial charge in [-0.25, -0.2) is 14.5 Å². The summed E-state index contributed by atoms with van der Waals surface area (Å²) < 4.78 is 6.69. The Morgan fingerprint density at radius 3 is 2.50 bits per heavy atom. The summed E-state index contributed by atoms with van der Waals surface area (Å²) in [5.74, 6) is 0.273. The third kappa shape index (κ3) is 4.32. The number of esters is 1. The topological polar surface area (TPSA) is 93.5 Å². The molecule has 9 heteroatoms. The lowest BCUT2D eigenvalue weighted by molar-refractivity contribution is 0.0525. The number of ether oxygens (including phenoxy) is 1. The molecule has 0 spiro atoms. The highest BCUT2D eigenvalue weighted by molar-refractivity contribution is 5.93. The molecule has 0 aliphatic carbocycles. The molecule has 0 atom stereocenters. The summed E-state index contributed by atoms with van der Waals surface area (Å²) in [7, 11) is 0. The zero-order valence-electron chi connectivity index (χ0n) is 18.5. The molecular formula is C23H26N6O3. The molecule has 3 heterocycles. The molecule has 1 fully saturated rings. The first-order valence-electron chi connectivity index (χ1n) is 10.6. The molecule has 1 aromatic carbocycles. The minimum absolute atomic E-state index is 0.119. The molecular weight excluding hydrogens is 408 g/mol. The number of hydrogen-bond donors (Lipinski definition) is 0. The van der Waals surface area contributed by atoms with Crippen molar-refractivity contribution in [3.05, 3.63) is 65.1 Å². The first-order chi connectivity index (χ1) is 15.5. The number of anilines is 1. The van der Waals surface area contributed by atoms with Gasteiger partial charge in [0.15, 0.2) is 5.69 Å². The molecule has 0 radical (unpaired) electrons. The molecule has 0 bridgehead atoms. The fraction of sp³-hybridized carbons (Fsp3) is 0.348. The van der Waals surface area contributed by atoms with Gasteiger partial charge in [0.1, 0.15) is 5.82 Å². The lowest BCUT2D eigenvalue weighted by Gasteiger charge is -2.35. The highest BCUT2D eigenvalue weighted by Crippen LogP contribution is 2.18. The second kappa shape index (κ2) is 9.17. The van der Waals surface area contributed by atoms with Crippen LogP contribution in [0.25, 0.3) is 5.69 Å². The number of hydrogen-bond acceptors (Lipinski definition) is 7. The first kappa shape index (κ1) is 21.5. The second-order valence-corrected chi connectivity index (χ2v) is 7.68. The Kier molecular flexibility index (Phi) is 6.16. The number of piperazine rings is 1. The van der Waals surface area contributed by atoms with E-state index >= 15 is 0 Å². The average Bonchev–Trinajstić information content (AvgIpc) is 3.20. The minimum Gasteiger partial charge on any atom is -0.462 e.